The molecule has 1 aromatic heterocycles. The second kappa shape index (κ2) is 6.39. The third-order valence-corrected chi connectivity index (χ3v) is 5.86. The van der Waals surface area contributed by atoms with Crippen molar-refractivity contribution in [2.75, 3.05) is 27.2 Å². The smallest absolute Gasteiger partial charge is 0.244 e. The fourth-order valence-corrected chi connectivity index (χ4v) is 3.93. The highest BCUT2D eigenvalue weighted by atomic mass is 35.5. The zero-order valence-corrected chi connectivity index (χ0v) is 13.4. The summed E-state index contributed by atoms with van der Waals surface area (Å²) in [4.78, 5) is 4.07. The molecule has 0 aromatic carbocycles. The number of nitrogens with zero attached hydrogens (tertiary/aromatic N) is 3. The second-order valence-corrected chi connectivity index (χ2v) is 7.81. The summed E-state index contributed by atoms with van der Waals surface area (Å²) in [5, 5.41) is 0.514. The summed E-state index contributed by atoms with van der Waals surface area (Å²) in [5.41, 5.74) is 0.989. The quantitative estimate of drug-likeness (QED) is 0.796. The van der Waals surface area contributed by atoms with Crippen molar-refractivity contribution >= 4 is 21.8 Å². The van der Waals surface area contributed by atoms with Crippen LogP contribution in [-0.4, -0.2) is 49.2 Å². The van der Waals surface area contributed by atoms with Crippen molar-refractivity contribution in [3.8, 4) is 0 Å². The van der Waals surface area contributed by atoms with Crippen molar-refractivity contribution < 1.29 is 8.42 Å². The molecule has 0 unspecified atom stereocenters. The molecule has 0 N–H and O–H groups in total. The maximum atomic E-state index is 12.2. The molecule has 1 atom stereocenters. The minimum absolute atomic E-state index is 0.292. The van der Waals surface area contributed by atoms with Gasteiger partial charge in [0.25, 0.3) is 10.2 Å². The molecular weight excluding hydrogens is 298 g/mol. The van der Waals surface area contributed by atoms with Gasteiger partial charge in [0, 0.05) is 33.4 Å². The van der Waals surface area contributed by atoms with Crippen LogP contribution in [0.15, 0.2) is 18.3 Å². The van der Waals surface area contributed by atoms with Gasteiger partial charge in [0.05, 0.1) is 0 Å². The van der Waals surface area contributed by atoms with Gasteiger partial charge in [-0.3, -0.25) is 0 Å². The van der Waals surface area contributed by atoms with E-state index in [9.17, 15) is 8.42 Å². The van der Waals surface area contributed by atoms with Crippen LogP contribution >= 0.6 is 11.6 Å². The molecule has 7 heteroatoms. The van der Waals surface area contributed by atoms with Crippen molar-refractivity contribution in [2.45, 2.75) is 19.3 Å². The molecule has 0 bridgehead atoms. The highest BCUT2D eigenvalue weighted by Gasteiger charge is 2.30. The number of rotatable bonds is 4. The molecule has 0 spiro atoms. The van der Waals surface area contributed by atoms with Crippen LogP contribution in [0.5, 0.6) is 0 Å². The summed E-state index contributed by atoms with van der Waals surface area (Å²) in [6.45, 7) is 1.14. The van der Waals surface area contributed by atoms with E-state index in [1.54, 1.807) is 24.6 Å². The first-order valence-electron chi connectivity index (χ1n) is 6.68. The Hall–Kier alpha value is -0.690. The molecule has 20 heavy (non-hydrogen) atoms. The van der Waals surface area contributed by atoms with Gasteiger partial charge in [-0.1, -0.05) is 17.7 Å². The Morgan fingerprint density at radius 2 is 2.25 bits per heavy atom. The third-order valence-electron chi connectivity index (χ3n) is 3.61. The Balaban J connectivity index is 2.07. The zero-order chi connectivity index (χ0) is 14.8. The summed E-state index contributed by atoms with van der Waals surface area (Å²) >= 11 is 6.07. The van der Waals surface area contributed by atoms with Crippen molar-refractivity contribution in [2.24, 2.45) is 5.92 Å². The lowest BCUT2D eigenvalue weighted by Gasteiger charge is -2.33. The molecule has 2 heterocycles. The van der Waals surface area contributed by atoms with Crippen molar-refractivity contribution in [1.82, 2.24) is 13.6 Å². The third kappa shape index (κ3) is 3.49. The molecule has 1 fully saturated rings. The monoisotopic (exact) mass is 317 g/mol. The van der Waals surface area contributed by atoms with Crippen LogP contribution in [0.2, 0.25) is 5.15 Å². The summed E-state index contributed by atoms with van der Waals surface area (Å²) in [6, 6.07) is 3.81. The predicted octanol–water partition coefficient (Wildman–Crippen LogP) is 1.80. The van der Waals surface area contributed by atoms with Crippen molar-refractivity contribution in [3.63, 3.8) is 0 Å². The number of hydrogen-bond acceptors (Lipinski definition) is 3. The molecule has 0 radical (unpaired) electrons. The minimum atomic E-state index is -3.32. The Labute approximate surface area is 125 Å². The van der Waals surface area contributed by atoms with Gasteiger partial charge in [-0.05, 0) is 36.8 Å². The average molecular weight is 318 g/mol. The standard InChI is InChI=1S/C13H20ClN3O2S/c1-16(2)20(18,19)17-8-4-5-11(10-17)9-12-6-3-7-15-13(12)14/h3,6-7,11H,4-5,8-10H2,1-2H3/t11-/m1/s1. The maximum absolute atomic E-state index is 12.2. The lowest BCUT2D eigenvalue weighted by atomic mass is 9.93. The Bertz CT molecular complexity index is 562. The maximum Gasteiger partial charge on any atom is 0.281 e. The van der Waals surface area contributed by atoms with E-state index in [-0.39, 0.29) is 0 Å². The van der Waals surface area contributed by atoms with Gasteiger partial charge in [-0.25, -0.2) is 4.98 Å². The normalized spacial score (nSPS) is 21.3. The largest absolute Gasteiger partial charge is 0.281 e. The molecule has 2 rings (SSSR count). The van der Waals surface area contributed by atoms with E-state index in [1.807, 2.05) is 12.1 Å². The summed E-state index contributed by atoms with van der Waals surface area (Å²) < 4.78 is 27.2. The number of pyridine rings is 1. The fraction of sp³-hybridized carbons (Fsp3) is 0.615. The molecule has 0 amide bonds. The second-order valence-electron chi connectivity index (χ2n) is 5.31. The highest BCUT2D eigenvalue weighted by Crippen LogP contribution is 2.25. The van der Waals surface area contributed by atoms with Crippen LogP contribution in [0.3, 0.4) is 0 Å². The van der Waals surface area contributed by atoms with Crippen LogP contribution in [0.4, 0.5) is 0 Å². The lowest BCUT2D eigenvalue weighted by molar-refractivity contribution is 0.254. The summed E-state index contributed by atoms with van der Waals surface area (Å²) in [7, 11) is -0.184. The molecule has 0 aliphatic carbocycles. The van der Waals surface area contributed by atoms with Gasteiger partial charge >= 0.3 is 0 Å². The van der Waals surface area contributed by atoms with Crippen LogP contribution in [0.25, 0.3) is 0 Å². The lowest BCUT2D eigenvalue weighted by Crippen LogP contribution is -2.45. The van der Waals surface area contributed by atoms with E-state index >= 15 is 0 Å². The van der Waals surface area contributed by atoms with E-state index < -0.39 is 10.2 Å². The molecule has 112 valence electrons. The van der Waals surface area contributed by atoms with Crippen molar-refractivity contribution in [1.29, 1.82) is 0 Å². The predicted molar refractivity (Wildman–Crippen MR) is 79.9 cm³/mol. The first-order chi connectivity index (χ1) is 9.41. The van der Waals surface area contributed by atoms with Crippen LogP contribution in [0, 0.1) is 5.92 Å². The van der Waals surface area contributed by atoms with E-state index in [0.29, 0.717) is 24.2 Å². The topological polar surface area (TPSA) is 53.5 Å². The Morgan fingerprint density at radius 3 is 2.90 bits per heavy atom. The van der Waals surface area contributed by atoms with Gasteiger partial charge in [0.2, 0.25) is 0 Å². The Morgan fingerprint density at radius 1 is 1.50 bits per heavy atom. The van der Waals surface area contributed by atoms with Gasteiger partial charge < -0.3 is 0 Å². The molecule has 5 nitrogen and oxygen atoms in total. The number of hydrogen-bond donors (Lipinski definition) is 0. The van der Waals surface area contributed by atoms with Crippen LogP contribution < -0.4 is 0 Å². The zero-order valence-electron chi connectivity index (χ0n) is 11.8. The molecule has 1 aliphatic heterocycles. The Kier molecular flexibility index (Phi) is 5.01. The molecule has 1 aromatic rings. The van der Waals surface area contributed by atoms with E-state index in [2.05, 4.69) is 4.98 Å². The fourth-order valence-electron chi connectivity index (χ4n) is 2.52. The number of aromatic nitrogens is 1. The van der Waals surface area contributed by atoms with Gasteiger partial charge in [-0.2, -0.15) is 17.0 Å². The first-order valence-corrected chi connectivity index (χ1v) is 8.45. The molecule has 1 saturated heterocycles. The highest BCUT2D eigenvalue weighted by molar-refractivity contribution is 7.86. The average Bonchev–Trinajstić information content (AvgIpc) is 2.41. The van der Waals surface area contributed by atoms with Gasteiger partial charge in [0.15, 0.2) is 0 Å². The molecule has 1 aliphatic rings. The van der Waals surface area contributed by atoms with Gasteiger partial charge in [0.1, 0.15) is 5.15 Å². The number of piperidine rings is 1. The van der Waals surface area contributed by atoms with Crippen LogP contribution in [-0.2, 0) is 16.6 Å². The van der Waals surface area contributed by atoms with E-state index in [1.165, 1.54) is 4.31 Å². The minimum Gasteiger partial charge on any atom is -0.244 e. The number of halogens is 1. The van der Waals surface area contributed by atoms with Crippen LogP contribution in [0.1, 0.15) is 18.4 Å². The summed E-state index contributed by atoms with van der Waals surface area (Å²) in [5.74, 6) is 0.292. The molecule has 0 saturated carbocycles. The summed E-state index contributed by atoms with van der Waals surface area (Å²) in [6.07, 6.45) is 4.34. The molecular formula is C13H20ClN3O2S. The van der Waals surface area contributed by atoms with Crippen molar-refractivity contribution in [3.05, 3.63) is 29.0 Å². The first kappa shape index (κ1) is 15.7. The van der Waals surface area contributed by atoms with E-state index in [0.717, 1.165) is 24.8 Å². The van der Waals surface area contributed by atoms with E-state index in [4.69, 9.17) is 11.6 Å². The SMILES string of the molecule is CN(C)S(=O)(=O)N1CCC[C@H](Cc2cccnc2Cl)C1. The van der Waals surface area contributed by atoms with Gasteiger partial charge in [-0.15, -0.1) is 0 Å².